The minimum Gasteiger partial charge on any atom is -0.389 e. The zero-order valence-corrected chi connectivity index (χ0v) is 10.9. The Morgan fingerprint density at radius 2 is 2.31 bits per heavy atom. The van der Waals surface area contributed by atoms with E-state index in [0.29, 0.717) is 13.0 Å². The summed E-state index contributed by atoms with van der Waals surface area (Å²) in [6, 6.07) is 0. The van der Waals surface area contributed by atoms with E-state index in [4.69, 9.17) is 4.74 Å². The summed E-state index contributed by atoms with van der Waals surface area (Å²) >= 11 is 1.69. The van der Waals surface area contributed by atoms with Crippen molar-refractivity contribution in [3.8, 4) is 0 Å². The lowest BCUT2D eigenvalue weighted by molar-refractivity contribution is -0.00458. The predicted octanol–water partition coefficient (Wildman–Crippen LogP) is 2.09. The normalized spacial score (nSPS) is 24.6. The van der Waals surface area contributed by atoms with Gasteiger partial charge in [0.2, 0.25) is 0 Å². The molecule has 0 bridgehead atoms. The Balaban J connectivity index is 2.07. The number of aliphatic hydroxyl groups is 1. The van der Waals surface area contributed by atoms with Crippen molar-refractivity contribution in [3.63, 3.8) is 0 Å². The largest absolute Gasteiger partial charge is 0.389 e. The zero-order chi connectivity index (χ0) is 11.8. The number of hydrogen-bond donors (Lipinski definition) is 1. The van der Waals surface area contributed by atoms with Crippen LogP contribution in [0.4, 0.5) is 0 Å². The van der Waals surface area contributed by atoms with Crippen LogP contribution in [-0.4, -0.2) is 28.9 Å². The Hall–Kier alpha value is -0.450. The maximum atomic E-state index is 10.5. The average Bonchev–Trinajstić information content (AvgIpc) is 2.77. The molecule has 2 heterocycles. The molecular weight excluding hydrogens is 222 g/mol. The number of ether oxygens (including phenoxy) is 1. The van der Waals surface area contributed by atoms with E-state index in [1.54, 1.807) is 11.3 Å². The first kappa shape index (κ1) is 12.0. The molecule has 0 aromatic carbocycles. The molecule has 16 heavy (non-hydrogen) atoms. The highest BCUT2D eigenvalue weighted by molar-refractivity contribution is 7.11. The van der Waals surface area contributed by atoms with Gasteiger partial charge in [0.25, 0.3) is 0 Å². The Labute approximate surface area is 100 Å². The maximum Gasteiger partial charge on any atom is 0.0959 e. The van der Waals surface area contributed by atoms with Gasteiger partial charge in [-0.2, -0.15) is 0 Å². The van der Waals surface area contributed by atoms with E-state index in [1.807, 2.05) is 13.8 Å². The number of aryl methyl sites for hydroxylation is 2. The van der Waals surface area contributed by atoms with E-state index in [2.05, 4.69) is 11.9 Å². The summed E-state index contributed by atoms with van der Waals surface area (Å²) in [6.45, 7) is 7.44. The van der Waals surface area contributed by atoms with Gasteiger partial charge >= 0.3 is 0 Å². The molecule has 1 aromatic rings. The molecule has 90 valence electrons. The number of hydrogen-bond acceptors (Lipinski definition) is 4. The van der Waals surface area contributed by atoms with Gasteiger partial charge in [0.05, 0.1) is 22.9 Å². The van der Waals surface area contributed by atoms with Crippen molar-refractivity contribution in [2.75, 3.05) is 13.2 Å². The standard InChI is InChI=1S/C12H19NO2S/c1-8-9(2)16-11(13-8)6-12(3,14)10-4-5-15-7-10/h10,14H,4-7H2,1-3H3. The van der Waals surface area contributed by atoms with Crippen LogP contribution in [0.2, 0.25) is 0 Å². The van der Waals surface area contributed by atoms with Crippen LogP contribution in [0.25, 0.3) is 0 Å². The van der Waals surface area contributed by atoms with Crippen molar-refractivity contribution < 1.29 is 9.84 Å². The second-order valence-electron chi connectivity index (χ2n) is 4.84. The summed E-state index contributed by atoms with van der Waals surface area (Å²) in [4.78, 5) is 5.73. The second kappa shape index (κ2) is 4.43. The number of nitrogens with zero attached hydrogens (tertiary/aromatic N) is 1. The lowest BCUT2D eigenvalue weighted by Gasteiger charge is -2.28. The minimum atomic E-state index is -0.687. The van der Waals surface area contributed by atoms with Crippen molar-refractivity contribution in [3.05, 3.63) is 15.6 Å². The summed E-state index contributed by atoms with van der Waals surface area (Å²) in [5.41, 5.74) is 0.395. The summed E-state index contributed by atoms with van der Waals surface area (Å²) in [5.74, 6) is 0.247. The molecular formula is C12H19NO2S. The van der Waals surface area contributed by atoms with Crippen molar-refractivity contribution in [2.45, 2.75) is 39.2 Å². The molecule has 1 aliphatic rings. The second-order valence-corrected chi connectivity index (χ2v) is 6.13. The molecule has 0 spiro atoms. The highest BCUT2D eigenvalue weighted by Crippen LogP contribution is 2.30. The van der Waals surface area contributed by atoms with Gasteiger partial charge in [0.15, 0.2) is 0 Å². The minimum absolute atomic E-state index is 0.247. The maximum absolute atomic E-state index is 10.5. The van der Waals surface area contributed by atoms with Crippen LogP contribution >= 0.6 is 11.3 Å². The van der Waals surface area contributed by atoms with Crippen LogP contribution < -0.4 is 0 Å². The van der Waals surface area contributed by atoms with E-state index in [0.717, 1.165) is 23.7 Å². The highest BCUT2D eigenvalue weighted by Gasteiger charge is 2.35. The number of aromatic nitrogens is 1. The van der Waals surface area contributed by atoms with E-state index < -0.39 is 5.60 Å². The summed E-state index contributed by atoms with van der Waals surface area (Å²) in [5, 5.41) is 11.5. The molecule has 2 atom stereocenters. The molecule has 2 rings (SSSR count). The monoisotopic (exact) mass is 241 g/mol. The molecule has 1 aliphatic heterocycles. The third-order valence-electron chi connectivity index (χ3n) is 3.39. The van der Waals surface area contributed by atoms with Gasteiger partial charge in [-0.05, 0) is 27.2 Å². The summed E-state index contributed by atoms with van der Waals surface area (Å²) in [6.07, 6.45) is 1.59. The molecule has 1 N–H and O–H groups in total. The van der Waals surface area contributed by atoms with Gasteiger partial charge in [0.1, 0.15) is 0 Å². The fraction of sp³-hybridized carbons (Fsp3) is 0.750. The predicted molar refractivity (Wildman–Crippen MR) is 64.8 cm³/mol. The fourth-order valence-corrected chi connectivity index (χ4v) is 3.18. The molecule has 0 aliphatic carbocycles. The SMILES string of the molecule is Cc1nc(CC(C)(O)C2CCOC2)sc1C. The van der Waals surface area contributed by atoms with Crippen LogP contribution in [-0.2, 0) is 11.2 Å². The number of thiazole rings is 1. The van der Waals surface area contributed by atoms with Gasteiger partial charge in [-0.1, -0.05) is 0 Å². The van der Waals surface area contributed by atoms with Crippen LogP contribution in [0.1, 0.15) is 28.9 Å². The Morgan fingerprint density at radius 3 is 2.81 bits per heavy atom. The van der Waals surface area contributed by atoms with Crippen LogP contribution in [0.5, 0.6) is 0 Å². The molecule has 0 radical (unpaired) electrons. The van der Waals surface area contributed by atoms with E-state index in [-0.39, 0.29) is 5.92 Å². The molecule has 0 amide bonds. The molecule has 0 saturated carbocycles. The zero-order valence-electron chi connectivity index (χ0n) is 10.1. The van der Waals surface area contributed by atoms with Crippen molar-refractivity contribution >= 4 is 11.3 Å². The Kier molecular flexibility index (Phi) is 3.33. The lowest BCUT2D eigenvalue weighted by Crippen LogP contribution is -2.37. The molecule has 2 unspecified atom stereocenters. The quantitative estimate of drug-likeness (QED) is 0.881. The number of rotatable bonds is 3. The first-order chi connectivity index (χ1) is 7.49. The van der Waals surface area contributed by atoms with Crippen molar-refractivity contribution in [2.24, 2.45) is 5.92 Å². The molecule has 1 fully saturated rings. The van der Waals surface area contributed by atoms with Crippen LogP contribution in [0, 0.1) is 19.8 Å². The van der Waals surface area contributed by atoms with E-state index in [1.165, 1.54) is 4.88 Å². The average molecular weight is 241 g/mol. The Morgan fingerprint density at radius 1 is 1.56 bits per heavy atom. The summed E-state index contributed by atoms with van der Waals surface area (Å²) < 4.78 is 5.33. The van der Waals surface area contributed by atoms with Crippen LogP contribution in [0.3, 0.4) is 0 Å². The van der Waals surface area contributed by atoms with E-state index >= 15 is 0 Å². The van der Waals surface area contributed by atoms with Crippen molar-refractivity contribution in [1.29, 1.82) is 0 Å². The summed E-state index contributed by atoms with van der Waals surface area (Å²) in [7, 11) is 0. The highest BCUT2D eigenvalue weighted by atomic mass is 32.1. The van der Waals surface area contributed by atoms with Crippen molar-refractivity contribution in [1.82, 2.24) is 4.98 Å². The smallest absolute Gasteiger partial charge is 0.0959 e. The van der Waals surface area contributed by atoms with Gasteiger partial charge in [-0.15, -0.1) is 11.3 Å². The molecule has 3 nitrogen and oxygen atoms in total. The first-order valence-corrected chi connectivity index (χ1v) is 6.54. The van der Waals surface area contributed by atoms with Gasteiger partial charge in [0, 0.05) is 23.8 Å². The fourth-order valence-electron chi connectivity index (χ4n) is 2.09. The Bertz CT molecular complexity index is 348. The van der Waals surface area contributed by atoms with E-state index in [9.17, 15) is 5.11 Å². The third-order valence-corrected chi connectivity index (χ3v) is 4.46. The van der Waals surface area contributed by atoms with Gasteiger partial charge in [-0.3, -0.25) is 0 Å². The van der Waals surface area contributed by atoms with Crippen LogP contribution in [0.15, 0.2) is 0 Å². The molecule has 1 saturated heterocycles. The topological polar surface area (TPSA) is 42.4 Å². The van der Waals surface area contributed by atoms with Gasteiger partial charge < -0.3 is 9.84 Å². The third kappa shape index (κ3) is 2.44. The first-order valence-electron chi connectivity index (χ1n) is 5.72. The molecule has 4 heteroatoms. The van der Waals surface area contributed by atoms with Gasteiger partial charge in [-0.25, -0.2) is 4.98 Å². The lowest BCUT2D eigenvalue weighted by atomic mass is 9.86. The molecule has 1 aromatic heterocycles.